The second kappa shape index (κ2) is 10.7. The highest BCUT2D eigenvalue weighted by molar-refractivity contribution is 6.10. The standard InChI is InChI=1S/C29H30N4O3/c34-26-21-33(25-14-8-7-13-24(25)30-26)28(36)16-15-27(35)31-17-19-32(20-18-31)29(22-9-3-1-4-10-22)23-11-5-2-6-12-23/h1-14,29H,15-21H2,(H,30,34). The van der Waals surface area contributed by atoms with Gasteiger partial charge in [-0.1, -0.05) is 72.8 Å². The molecule has 3 aromatic carbocycles. The fourth-order valence-electron chi connectivity index (χ4n) is 5.08. The number of carbonyl (C=O) groups excluding carboxylic acids is 3. The molecule has 1 saturated heterocycles. The van der Waals surface area contributed by atoms with Crippen LogP contribution in [0, 0.1) is 0 Å². The third-order valence-electron chi connectivity index (χ3n) is 6.89. The van der Waals surface area contributed by atoms with E-state index in [1.807, 2.05) is 35.2 Å². The van der Waals surface area contributed by atoms with E-state index in [0.717, 1.165) is 13.1 Å². The van der Waals surface area contributed by atoms with Crippen LogP contribution in [0.2, 0.25) is 0 Å². The molecule has 0 radical (unpaired) electrons. The number of anilines is 2. The summed E-state index contributed by atoms with van der Waals surface area (Å²) < 4.78 is 0. The maximum absolute atomic E-state index is 13.0. The molecular formula is C29H30N4O3. The molecule has 2 aliphatic rings. The maximum Gasteiger partial charge on any atom is 0.244 e. The van der Waals surface area contributed by atoms with Gasteiger partial charge in [0.15, 0.2) is 0 Å². The molecule has 36 heavy (non-hydrogen) atoms. The van der Waals surface area contributed by atoms with Crippen LogP contribution in [0.1, 0.15) is 30.0 Å². The summed E-state index contributed by atoms with van der Waals surface area (Å²) in [6.07, 6.45) is 0.219. The van der Waals surface area contributed by atoms with Crippen molar-refractivity contribution in [1.82, 2.24) is 9.80 Å². The Morgan fingerprint density at radius 2 is 1.28 bits per heavy atom. The number of hydrogen-bond donors (Lipinski definition) is 1. The molecule has 3 aromatic rings. The molecule has 184 valence electrons. The number of hydrogen-bond acceptors (Lipinski definition) is 4. The van der Waals surface area contributed by atoms with Gasteiger partial charge in [-0.3, -0.25) is 19.3 Å². The Bertz CT molecular complexity index is 1180. The molecule has 0 aliphatic carbocycles. The Morgan fingerprint density at radius 3 is 1.92 bits per heavy atom. The van der Waals surface area contributed by atoms with Crippen LogP contribution in [-0.4, -0.2) is 60.2 Å². The Balaban J connectivity index is 1.19. The fraction of sp³-hybridized carbons (Fsp3) is 0.276. The SMILES string of the molecule is O=C1CN(C(=O)CCC(=O)N2CCN(C(c3ccccc3)c3ccccc3)CC2)c2ccccc2N1. The minimum Gasteiger partial charge on any atom is -0.340 e. The minimum absolute atomic E-state index is 0.0197. The van der Waals surface area contributed by atoms with Gasteiger partial charge >= 0.3 is 0 Å². The van der Waals surface area contributed by atoms with Gasteiger partial charge in [0.05, 0.1) is 17.4 Å². The van der Waals surface area contributed by atoms with E-state index in [0.29, 0.717) is 24.5 Å². The van der Waals surface area contributed by atoms with Crippen LogP contribution >= 0.6 is 0 Å². The molecule has 0 saturated carbocycles. The van der Waals surface area contributed by atoms with Gasteiger partial charge in [-0.2, -0.15) is 0 Å². The molecule has 7 heteroatoms. The number of carbonyl (C=O) groups is 3. The molecule has 0 bridgehead atoms. The van der Waals surface area contributed by atoms with Crippen molar-refractivity contribution in [2.75, 3.05) is 42.9 Å². The van der Waals surface area contributed by atoms with Crippen LogP contribution in [0.3, 0.4) is 0 Å². The summed E-state index contributed by atoms with van der Waals surface area (Å²) in [6, 6.07) is 28.3. The van der Waals surface area contributed by atoms with Crippen LogP contribution in [0.4, 0.5) is 11.4 Å². The van der Waals surface area contributed by atoms with E-state index in [1.54, 1.807) is 6.07 Å². The number of rotatable bonds is 6. The normalized spacial score (nSPS) is 16.0. The zero-order valence-electron chi connectivity index (χ0n) is 20.2. The summed E-state index contributed by atoms with van der Waals surface area (Å²) in [7, 11) is 0. The Hall–Kier alpha value is -3.97. The van der Waals surface area contributed by atoms with E-state index >= 15 is 0 Å². The van der Waals surface area contributed by atoms with Crippen molar-refractivity contribution in [1.29, 1.82) is 0 Å². The first-order valence-corrected chi connectivity index (χ1v) is 12.4. The molecule has 1 N–H and O–H groups in total. The average Bonchev–Trinajstić information content (AvgIpc) is 2.93. The largest absolute Gasteiger partial charge is 0.340 e. The second-order valence-electron chi connectivity index (χ2n) is 9.19. The number of piperazine rings is 1. The summed E-state index contributed by atoms with van der Waals surface area (Å²) in [5, 5.41) is 2.79. The van der Waals surface area contributed by atoms with E-state index in [-0.39, 0.29) is 43.1 Å². The first-order chi connectivity index (χ1) is 17.6. The lowest BCUT2D eigenvalue weighted by atomic mass is 9.96. The van der Waals surface area contributed by atoms with Crippen molar-refractivity contribution >= 4 is 29.1 Å². The molecule has 3 amide bonds. The predicted molar refractivity (Wildman–Crippen MR) is 140 cm³/mol. The summed E-state index contributed by atoms with van der Waals surface area (Å²) in [4.78, 5) is 43.7. The maximum atomic E-state index is 13.0. The lowest BCUT2D eigenvalue weighted by Gasteiger charge is -2.40. The Labute approximate surface area is 211 Å². The van der Waals surface area contributed by atoms with E-state index in [2.05, 4.69) is 58.7 Å². The summed E-state index contributed by atoms with van der Waals surface area (Å²) in [6.45, 7) is 2.74. The van der Waals surface area contributed by atoms with E-state index < -0.39 is 0 Å². The van der Waals surface area contributed by atoms with Crippen LogP contribution < -0.4 is 10.2 Å². The van der Waals surface area contributed by atoms with E-state index in [1.165, 1.54) is 16.0 Å². The van der Waals surface area contributed by atoms with Crippen molar-refractivity contribution in [2.24, 2.45) is 0 Å². The fourth-order valence-corrected chi connectivity index (χ4v) is 5.08. The molecular weight excluding hydrogens is 452 g/mol. The highest BCUT2D eigenvalue weighted by Gasteiger charge is 2.30. The molecule has 0 spiro atoms. The monoisotopic (exact) mass is 482 g/mol. The van der Waals surface area contributed by atoms with E-state index in [4.69, 9.17) is 0 Å². The lowest BCUT2D eigenvalue weighted by Crippen LogP contribution is -2.50. The van der Waals surface area contributed by atoms with Crippen LogP contribution in [0.25, 0.3) is 0 Å². The first kappa shape index (κ1) is 23.8. The lowest BCUT2D eigenvalue weighted by molar-refractivity contribution is -0.135. The van der Waals surface area contributed by atoms with Crippen molar-refractivity contribution in [3.8, 4) is 0 Å². The number of nitrogens with one attached hydrogen (secondary N) is 1. The van der Waals surface area contributed by atoms with Crippen molar-refractivity contribution in [3.63, 3.8) is 0 Å². The number of benzene rings is 3. The molecule has 0 atom stereocenters. The van der Waals surface area contributed by atoms with Gasteiger partial charge in [-0.15, -0.1) is 0 Å². The molecule has 2 aliphatic heterocycles. The third-order valence-corrected chi connectivity index (χ3v) is 6.89. The van der Waals surface area contributed by atoms with Crippen LogP contribution in [-0.2, 0) is 14.4 Å². The summed E-state index contributed by atoms with van der Waals surface area (Å²) >= 11 is 0. The average molecular weight is 483 g/mol. The van der Waals surface area contributed by atoms with Crippen LogP contribution in [0.15, 0.2) is 84.9 Å². The molecule has 5 rings (SSSR count). The predicted octanol–water partition coefficient (Wildman–Crippen LogP) is 3.69. The van der Waals surface area contributed by atoms with E-state index in [9.17, 15) is 14.4 Å². The van der Waals surface area contributed by atoms with Gasteiger partial charge in [-0.05, 0) is 23.3 Å². The van der Waals surface area contributed by atoms with Crippen molar-refractivity contribution in [2.45, 2.75) is 18.9 Å². The zero-order valence-corrected chi connectivity index (χ0v) is 20.2. The van der Waals surface area contributed by atoms with Crippen LogP contribution in [0.5, 0.6) is 0 Å². The molecule has 7 nitrogen and oxygen atoms in total. The molecule has 0 unspecified atom stereocenters. The molecule has 0 aromatic heterocycles. The summed E-state index contributed by atoms with van der Waals surface area (Å²) in [5.41, 5.74) is 3.77. The van der Waals surface area contributed by atoms with Gasteiger partial charge in [0.1, 0.15) is 6.54 Å². The number of fused-ring (bicyclic) bond motifs is 1. The Morgan fingerprint density at radius 1 is 0.722 bits per heavy atom. The van der Waals surface area contributed by atoms with Gasteiger partial charge in [0.2, 0.25) is 17.7 Å². The quantitative estimate of drug-likeness (QED) is 0.582. The third kappa shape index (κ3) is 5.16. The highest BCUT2D eigenvalue weighted by atomic mass is 16.2. The molecule has 2 heterocycles. The van der Waals surface area contributed by atoms with Crippen molar-refractivity contribution in [3.05, 3.63) is 96.1 Å². The first-order valence-electron chi connectivity index (χ1n) is 12.4. The van der Waals surface area contributed by atoms with Gasteiger partial charge in [0.25, 0.3) is 0 Å². The molecule has 1 fully saturated rings. The topological polar surface area (TPSA) is 73.0 Å². The minimum atomic E-state index is -0.226. The smallest absolute Gasteiger partial charge is 0.244 e. The summed E-state index contributed by atoms with van der Waals surface area (Å²) in [5.74, 6) is -0.456. The number of nitrogens with zero attached hydrogens (tertiary/aromatic N) is 3. The van der Waals surface area contributed by atoms with Gasteiger partial charge in [0, 0.05) is 39.0 Å². The second-order valence-corrected chi connectivity index (χ2v) is 9.19. The highest BCUT2D eigenvalue weighted by Crippen LogP contribution is 2.31. The number of para-hydroxylation sites is 2. The zero-order chi connectivity index (χ0) is 24.9. The van der Waals surface area contributed by atoms with Gasteiger partial charge < -0.3 is 15.1 Å². The number of amides is 3. The Kier molecular flexibility index (Phi) is 7.09. The van der Waals surface area contributed by atoms with Crippen molar-refractivity contribution < 1.29 is 14.4 Å². The van der Waals surface area contributed by atoms with Gasteiger partial charge in [-0.25, -0.2) is 0 Å².